The average molecular weight is 484 g/mol. The Bertz CT molecular complexity index is 1450. The van der Waals surface area contributed by atoms with Crippen LogP contribution >= 0.6 is 11.6 Å². The van der Waals surface area contributed by atoms with E-state index in [4.69, 9.17) is 16.3 Å². The highest BCUT2D eigenvalue weighted by Crippen LogP contribution is 2.32. The number of nitrogens with one attached hydrogen (secondary N) is 1. The third kappa shape index (κ3) is 5.23. The Labute approximate surface area is 206 Å². The van der Waals surface area contributed by atoms with Gasteiger partial charge in [0, 0.05) is 28.0 Å². The van der Waals surface area contributed by atoms with Crippen molar-refractivity contribution in [1.29, 1.82) is 0 Å². The number of hydrogen-bond donors (Lipinski definition) is 1. The third-order valence-corrected chi connectivity index (χ3v) is 5.53. The summed E-state index contributed by atoms with van der Waals surface area (Å²) >= 11 is 6.05. The molecule has 0 atom stereocenters. The van der Waals surface area contributed by atoms with Gasteiger partial charge >= 0.3 is 6.03 Å². The highest BCUT2D eigenvalue weighted by atomic mass is 35.5. The molecule has 5 rings (SSSR count). The Morgan fingerprint density at radius 3 is 2.09 bits per heavy atom. The number of carbonyl (C=O) groups is 1. The molecule has 7 heteroatoms. The van der Waals surface area contributed by atoms with Crippen LogP contribution in [0.3, 0.4) is 0 Å². The van der Waals surface area contributed by atoms with Gasteiger partial charge in [-0.25, -0.2) is 9.18 Å². The van der Waals surface area contributed by atoms with Gasteiger partial charge in [0.15, 0.2) is 0 Å². The van der Waals surface area contributed by atoms with Gasteiger partial charge in [-0.2, -0.15) is 9.78 Å². The molecule has 1 N–H and O–H groups in total. The molecule has 1 heterocycles. The number of carbonyl (C=O) groups excluding carboxylic acids is 1. The first kappa shape index (κ1) is 22.4. The van der Waals surface area contributed by atoms with E-state index in [1.165, 1.54) is 16.8 Å². The highest BCUT2D eigenvalue weighted by molar-refractivity contribution is 6.30. The lowest BCUT2D eigenvalue weighted by atomic mass is 10.0. The molecule has 0 spiro atoms. The van der Waals surface area contributed by atoms with E-state index < -0.39 is 6.03 Å². The predicted octanol–water partition coefficient (Wildman–Crippen LogP) is 7.88. The smallest absolute Gasteiger partial charge is 0.346 e. The lowest BCUT2D eigenvalue weighted by molar-refractivity contribution is 0.251. The van der Waals surface area contributed by atoms with E-state index in [1.807, 2.05) is 42.5 Å². The van der Waals surface area contributed by atoms with E-state index in [-0.39, 0.29) is 5.82 Å². The summed E-state index contributed by atoms with van der Waals surface area (Å²) in [4.78, 5) is 13.0. The van der Waals surface area contributed by atoms with E-state index in [1.54, 1.807) is 54.7 Å². The van der Waals surface area contributed by atoms with E-state index in [2.05, 4.69) is 10.4 Å². The Morgan fingerprint density at radius 2 is 1.43 bits per heavy atom. The number of halogens is 2. The molecule has 5 aromatic rings. The molecule has 0 radical (unpaired) electrons. The zero-order valence-electron chi connectivity index (χ0n) is 18.4. The van der Waals surface area contributed by atoms with Crippen LogP contribution < -0.4 is 10.1 Å². The van der Waals surface area contributed by atoms with Crippen LogP contribution in [-0.4, -0.2) is 15.8 Å². The van der Waals surface area contributed by atoms with Crippen molar-refractivity contribution in [3.63, 3.8) is 0 Å². The van der Waals surface area contributed by atoms with Crippen molar-refractivity contribution in [2.24, 2.45) is 0 Å². The summed E-state index contributed by atoms with van der Waals surface area (Å²) in [6, 6.07) is 29.3. The molecule has 1 amide bonds. The van der Waals surface area contributed by atoms with Gasteiger partial charge in [-0.3, -0.25) is 0 Å². The molecule has 0 bridgehead atoms. The van der Waals surface area contributed by atoms with Gasteiger partial charge in [0.1, 0.15) is 23.0 Å². The summed E-state index contributed by atoms with van der Waals surface area (Å²) in [5.74, 6) is 0.747. The summed E-state index contributed by atoms with van der Waals surface area (Å²) in [6.07, 6.45) is 1.71. The second-order valence-electron chi connectivity index (χ2n) is 7.72. The predicted molar refractivity (Wildman–Crippen MR) is 135 cm³/mol. The van der Waals surface area contributed by atoms with E-state index >= 15 is 0 Å². The highest BCUT2D eigenvalue weighted by Gasteiger charge is 2.17. The minimum atomic E-state index is -0.408. The molecule has 0 fully saturated rings. The number of nitrogens with zero attached hydrogens (tertiary/aromatic N) is 2. The van der Waals surface area contributed by atoms with Crippen molar-refractivity contribution in [3.05, 3.63) is 120 Å². The van der Waals surface area contributed by atoms with Crippen LogP contribution in [0.15, 0.2) is 109 Å². The maximum atomic E-state index is 13.1. The topological polar surface area (TPSA) is 56.1 Å². The van der Waals surface area contributed by atoms with Crippen LogP contribution in [0.1, 0.15) is 0 Å². The summed E-state index contributed by atoms with van der Waals surface area (Å²) < 4.78 is 20.1. The average Bonchev–Trinajstić information content (AvgIpc) is 3.33. The van der Waals surface area contributed by atoms with Crippen molar-refractivity contribution >= 4 is 23.3 Å². The van der Waals surface area contributed by atoms with E-state index in [0.29, 0.717) is 27.9 Å². The van der Waals surface area contributed by atoms with Crippen LogP contribution in [0.2, 0.25) is 5.02 Å². The summed E-state index contributed by atoms with van der Waals surface area (Å²) in [7, 11) is 0. The van der Waals surface area contributed by atoms with E-state index in [9.17, 15) is 9.18 Å². The molecule has 0 aliphatic carbocycles. The molecular formula is C28H19ClFN3O2. The monoisotopic (exact) mass is 483 g/mol. The van der Waals surface area contributed by atoms with Gasteiger partial charge in [0.2, 0.25) is 0 Å². The second kappa shape index (κ2) is 9.83. The fourth-order valence-corrected chi connectivity index (χ4v) is 3.68. The standard InChI is InChI=1S/C28H19ClFN3O2/c29-21-8-6-20(7-9-21)27-26(19-4-2-1-3-5-19)18-33(32-27)28(34)31-23-12-16-25(17-13-23)35-24-14-10-22(30)11-15-24/h1-18H,(H,31,34). The third-order valence-electron chi connectivity index (χ3n) is 5.28. The molecule has 35 heavy (non-hydrogen) atoms. The Hall–Kier alpha value is -4.42. The molecule has 0 saturated carbocycles. The SMILES string of the molecule is O=C(Nc1ccc(Oc2ccc(F)cc2)cc1)n1cc(-c2ccccc2)c(-c2ccc(Cl)cc2)n1. The number of benzene rings is 4. The molecule has 0 unspecified atom stereocenters. The van der Waals surface area contributed by atoms with Crippen molar-refractivity contribution in [3.8, 4) is 33.9 Å². The molecule has 1 aromatic heterocycles. The Balaban J connectivity index is 1.37. The van der Waals surface area contributed by atoms with Crippen LogP contribution in [-0.2, 0) is 0 Å². The first-order valence-corrected chi connectivity index (χ1v) is 11.2. The summed E-state index contributed by atoms with van der Waals surface area (Å²) in [5.41, 5.74) is 3.87. The van der Waals surface area contributed by atoms with Gasteiger partial charge in [-0.15, -0.1) is 0 Å². The lowest BCUT2D eigenvalue weighted by Gasteiger charge is -2.08. The number of aromatic nitrogens is 2. The Kier molecular flexibility index (Phi) is 6.28. The van der Waals surface area contributed by atoms with Crippen molar-refractivity contribution < 1.29 is 13.9 Å². The number of hydrogen-bond acceptors (Lipinski definition) is 3. The maximum absolute atomic E-state index is 13.1. The fraction of sp³-hybridized carbons (Fsp3) is 0. The molecule has 0 aliphatic rings. The van der Waals surface area contributed by atoms with Gasteiger partial charge in [-0.05, 0) is 66.2 Å². The van der Waals surface area contributed by atoms with Crippen LogP contribution in [0.25, 0.3) is 22.4 Å². The second-order valence-corrected chi connectivity index (χ2v) is 8.16. The summed E-state index contributed by atoms with van der Waals surface area (Å²) in [5, 5.41) is 8.04. The largest absolute Gasteiger partial charge is 0.457 e. The number of rotatable bonds is 5. The van der Waals surface area contributed by atoms with Gasteiger partial charge in [-0.1, -0.05) is 54.1 Å². The zero-order chi connectivity index (χ0) is 24.2. The van der Waals surface area contributed by atoms with Gasteiger partial charge in [0.05, 0.1) is 0 Å². The first-order chi connectivity index (χ1) is 17.0. The number of amides is 1. The van der Waals surface area contributed by atoms with Crippen molar-refractivity contribution in [2.45, 2.75) is 0 Å². The Morgan fingerprint density at radius 1 is 0.800 bits per heavy atom. The normalized spacial score (nSPS) is 10.7. The first-order valence-electron chi connectivity index (χ1n) is 10.8. The van der Waals surface area contributed by atoms with Gasteiger partial charge in [0.25, 0.3) is 0 Å². The van der Waals surface area contributed by atoms with Crippen LogP contribution in [0.4, 0.5) is 14.9 Å². The maximum Gasteiger partial charge on any atom is 0.346 e. The van der Waals surface area contributed by atoms with E-state index in [0.717, 1.165) is 16.7 Å². The number of ether oxygens (including phenoxy) is 1. The molecule has 0 saturated heterocycles. The van der Waals surface area contributed by atoms with Crippen LogP contribution in [0.5, 0.6) is 11.5 Å². The molecule has 5 nitrogen and oxygen atoms in total. The summed E-state index contributed by atoms with van der Waals surface area (Å²) in [6.45, 7) is 0. The van der Waals surface area contributed by atoms with Crippen molar-refractivity contribution in [1.82, 2.24) is 9.78 Å². The number of anilines is 1. The molecule has 172 valence electrons. The molecule has 0 aliphatic heterocycles. The minimum absolute atomic E-state index is 0.330. The lowest BCUT2D eigenvalue weighted by Crippen LogP contribution is -2.19. The fourth-order valence-electron chi connectivity index (χ4n) is 3.55. The van der Waals surface area contributed by atoms with Gasteiger partial charge < -0.3 is 10.1 Å². The zero-order valence-corrected chi connectivity index (χ0v) is 19.1. The quantitative estimate of drug-likeness (QED) is 0.276. The molecular weight excluding hydrogens is 465 g/mol. The van der Waals surface area contributed by atoms with Crippen LogP contribution in [0, 0.1) is 5.82 Å². The minimum Gasteiger partial charge on any atom is -0.457 e. The van der Waals surface area contributed by atoms with Crippen molar-refractivity contribution in [2.75, 3.05) is 5.32 Å². The molecule has 4 aromatic carbocycles.